The number of amides is 1. The summed E-state index contributed by atoms with van der Waals surface area (Å²) in [5, 5.41) is 3.33. The van der Waals surface area contributed by atoms with Crippen molar-refractivity contribution in [3.63, 3.8) is 0 Å². The number of primary amides is 1. The Hall–Kier alpha value is -2.49. The maximum Gasteiger partial charge on any atom is 0.249 e. The summed E-state index contributed by atoms with van der Waals surface area (Å²) in [6, 6.07) is 13.4. The number of anilines is 1. The molecule has 0 atom stereocenters. The highest BCUT2D eigenvalue weighted by Crippen LogP contribution is 2.20. The zero-order valence-electron chi connectivity index (χ0n) is 12.3. The minimum absolute atomic E-state index is 0.408. The number of ether oxygens (including phenoxy) is 1. The molecule has 2 aromatic rings. The quantitative estimate of drug-likeness (QED) is 0.856. The smallest absolute Gasteiger partial charge is 0.249 e. The second-order valence-electron chi connectivity index (χ2n) is 4.78. The first kappa shape index (κ1) is 14.9. The largest absolute Gasteiger partial charge is 0.494 e. The van der Waals surface area contributed by atoms with Gasteiger partial charge < -0.3 is 15.8 Å². The molecule has 0 spiro atoms. The van der Waals surface area contributed by atoms with E-state index in [4.69, 9.17) is 10.5 Å². The summed E-state index contributed by atoms with van der Waals surface area (Å²) in [4.78, 5) is 11.3. The third-order valence-corrected chi connectivity index (χ3v) is 3.29. The molecule has 0 aliphatic heterocycles. The Balaban J connectivity index is 2.11. The van der Waals surface area contributed by atoms with E-state index in [2.05, 4.69) is 5.32 Å². The van der Waals surface area contributed by atoms with E-state index in [1.807, 2.05) is 50.2 Å². The van der Waals surface area contributed by atoms with Crippen molar-refractivity contribution in [1.82, 2.24) is 0 Å². The van der Waals surface area contributed by atoms with Crippen molar-refractivity contribution in [2.75, 3.05) is 11.9 Å². The third kappa shape index (κ3) is 3.75. The Morgan fingerprint density at radius 2 is 2.00 bits per heavy atom. The van der Waals surface area contributed by atoms with Gasteiger partial charge in [0, 0.05) is 17.8 Å². The van der Waals surface area contributed by atoms with Gasteiger partial charge in [-0.05, 0) is 49.2 Å². The molecule has 0 aliphatic rings. The Morgan fingerprint density at radius 3 is 2.71 bits per heavy atom. The summed E-state index contributed by atoms with van der Waals surface area (Å²) in [6.07, 6.45) is 0. The van der Waals surface area contributed by atoms with Gasteiger partial charge in [0.2, 0.25) is 5.91 Å². The van der Waals surface area contributed by atoms with Gasteiger partial charge in [-0.15, -0.1) is 0 Å². The first-order valence-corrected chi connectivity index (χ1v) is 6.97. The van der Waals surface area contributed by atoms with Gasteiger partial charge in [0.15, 0.2) is 0 Å². The fourth-order valence-electron chi connectivity index (χ4n) is 2.20. The normalized spacial score (nSPS) is 10.2. The molecule has 0 unspecified atom stereocenters. The van der Waals surface area contributed by atoms with Gasteiger partial charge in [-0.1, -0.05) is 18.2 Å². The fourth-order valence-corrected chi connectivity index (χ4v) is 2.20. The molecular weight excluding hydrogens is 264 g/mol. The van der Waals surface area contributed by atoms with E-state index < -0.39 is 5.91 Å². The number of hydrogen-bond donors (Lipinski definition) is 2. The van der Waals surface area contributed by atoms with E-state index in [0.29, 0.717) is 18.7 Å². The van der Waals surface area contributed by atoms with E-state index in [0.717, 1.165) is 22.6 Å². The molecule has 2 rings (SSSR count). The highest BCUT2D eigenvalue weighted by atomic mass is 16.5. The molecule has 0 heterocycles. The lowest BCUT2D eigenvalue weighted by Gasteiger charge is -2.12. The second kappa shape index (κ2) is 6.79. The third-order valence-electron chi connectivity index (χ3n) is 3.29. The summed E-state index contributed by atoms with van der Waals surface area (Å²) in [7, 11) is 0. The lowest BCUT2D eigenvalue weighted by atomic mass is 10.1. The van der Waals surface area contributed by atoms with E-state index >= 15 is 0 Å². The predicted octanol–water partition coefficient (Wildman–Crippen LogP) is 3.10. The molecule has 0 bridgehead atoms. The Kier molecular flexibility index (Phi) is 4.82. The maximum atomic E-state index is 11.3. The van der Waals surface area contributed by atoms with Gasteiger partial charge in [0.25, 0.3) is 0 Å². The standard InChI is InChI=1S/C17H20N2O2/c1-3-21-14-7-4-6-13(10-14)11-19-16-9-5-8-15(12(16)2)17(18)20/h4-10,19H,3,11H2,1-2H3,(H2,18,20). The van der Waals surface area contributed by atoms with Crippen LogP contribution in [0.1, 0.15) is 28.4 Å². The fraction of sp³-hybridized carbons (Fsp3) is 0.235. The number of nitrogens with two attached hydrogens (primary N) is 1. The lowest BCUT2D eigenvalue weighted by molar-refractivity contribution is 0.1000. The van der Waals surface area contributed by atoms with Crippen LogP contribution in [0.15, 0.2) is 42.5 Å². The van der Waals surface area contributed by atoms with Crippen LogP contribution in [0.5, 0.6) is 5.75 Å². The molecule has 0 aromatic heterocycles. The van der Waals surface area contributed by atoms with Gasteiger partial charge in [-0.25, -0.2) is 0 Å². The van der Waals surface area contributed by atoms with E-state index in [-0.39, 0.29) is 0 Å². The SMILES string of the molecule is CCOc1cccc(CNc2cccc(C(N)=O)c2C)c1. The van der Waals surface area contributed by atoms with E-state index in [1.165, 1.54) is 0 Å². The molecule has 110 valence electrons. The summed E-state index contributed by atoms with van der Waals surface area (Å²) in [5.41, 5.74) is 8.80. The molecule has 0 radical (unpaired) electrons. The van der Waals surface area contributed by atoms with Crippen LogP contribution in [0.25, 0.3) is 0 Å². The van der Waals surface area contributed by atoms with Gasteiger partial charge >= 0.3 is 0 Å². The summed E-state index contributed by atoms with van der Waals surface area (Å²) >= 11 is 0. The number of hydrogen-bond acceptors (Lipinski definition) is 3. The summed E-state index contributed by atoms with van der Waals surface area (Å²) in [5.74, 6) is 0.453. The van der Waals surface area contributed by atoms with Gasteiger partial charge in [0.05, 0.1) is 6.61 Å². The van der Waals surface area contributed by atoms with Crippen LogP contribution in [0.3, 0.4) is 0 Å². The van der Waals surface area contributed by atoms with Crippen LogP contribution >= 0.6 is 0 Å². The molecular formula is C17H20N2O2. The Labute approximate surface area is 124 Å². The Bertz CT molecular complexity index is 638. The van der Waals surface area contributed by atoms with E-state index in [9.17, 15) is 4.79 Å². The zero-order valence-corrected chi connectivity index (χ0v) is 12.3. The minimum Gasteiger partial charge on any atom is -0.494 e. The van der Waals surface area contributed by atoms with Gasteiger partial charge in [0.1, 0.15) is 5.75 Å². The first-order valence-electron chi connectivity index (χ1n) is 6.97. The number of nitrogens with one attached hydrogen (secondary N) is 1. The average Bonchev–Trinajstić information content (AvgIpc) is 2.46. The van der Waals surface area contributed by atoms with Crippen LogP contribution in [0, 0.1) is 6.92 Å². The number of carbonyl (C=O) groups excluding carboxylic acids is 1. The molecule has 0 fully saturated rings. The summed E-state index contributed by atoms with van der Waals surface area (Å²) in [6.45, 7) is 5.16. The van der Waals surface area contributed by atoms with Crippen molar-refractivity contribution < 1.29 is 9.53 Å². The molecule has 0 saturated carbocycles. The minimum atomic E-state index is -0.408. The monoisotopic (exact) mass is 284 g/mol. The van der Waals surface area contributed by atoms with Crippen LogP contribution in [-0.4, -0.2) is 12.5 Å². The van der Waals surface area contributed by atoms with Gasteiger partial charge in [-0.3, -0.25) is 4.79 Å². The highest BCUT2D eigenvalue weighted by Gasteiger charge is 2.08. The number of carbonyl (C=O) groups is 1. The molecule has 0 aliphatic carbocycles. The van der Waals surface area contributed by atoms with Crippen molar-refractivity contribution in [2.45, 2.75) is 20.4 Å². The van der Waals surface area contributed by atoms with Crippen molar-refractivity contribution in [2.24, 2.45) is 5.73 Å². The average molecular weight is 284 g/mol. The zero-order chi connectivity index (χ0) is 15.2. The van der Waals surface area contributed by atoms with Crippen LogP contribution in [0.4, 0.5) is 5.69 Å². The molecule has 1 amide bonds. The van der Waals surface area contributed by atoms with Crippen molar-refractivity contribution in [3.8, 4) is 5.75 Å². The highest BCUT2D eigenvalue weighted by molar-refractivity contribution is 5.95. The topological polar surface area (TPSA) is 64.3 Å². The first-order chi connectivity index (χ1) is 10.1. The Morgan fingerprint density at radius 1 is 1.24 bits per heavy atom. The van der Waals surface area contributed by atoms with Crippen LogP contribution < -0.4 is 15.8 Å². The molecule has 3 N–H and O–H groups in total. The number of rotatable bonds is 6. The van der Waals surface area contributed by atoms with E-state index in [1.54, 1.807) is 6.07 Å². The van der Waals surface area contributed by atoms with Crippen LogP contribution in [0.2, 0.25) is 0 Å². The van der Waals surface area contributed by atoms with Crippen molar-refractivity contribution in [3.05, 3.63) is 59.2 Å². The lowest BCUT2D eigenvalue weighted by Crippen LogP contribution is -2.13. The molecule has 0 saturated heterocycles. The van der Waals surface area contributed by atoms with Crippen molar-refractivity contribution in [1.29, 1.82) is 0 Å². The summed E-state index contributed by atoms with van der Waals surface area (Å²) < 4.78 is 5.48. The molecule has 4 heteroatoms. The molecule has 21 heavy (non-hydrogen) atoms. The van der Waals surface area contributed by atoms with Crippen LogP contribution in [-0.2, 0) is 6.54 Å². The molecule has 4 nitrogen and oxygen atoms in total. The molecule has 2 aromatic carbocycles. The number of benzene rings is 2. The predicted molar refractivity (Wildman–Crippen MR) is 84.6 cm³/mol. The second-order valence-corrected chi connectivity index (χ2v) is 4.78. The van der Waals surface area contributed by atoms with Crippen molar-refractivity contribution >= 4 is 11.6 Å². The van der Waals surface area contributed by atoms with Gasteiger partial charge in [-0.2, -0.15) is 0 Å². The maximum absolute atomic E-state index is 11.3.